The number of halogens is 1. The minimum absolute atomic E-state index is 0.152. The molecule has 1 aliphatic heterocycles. The Morgan fingerprint density at radius 2 is 2.05 bits per heavy atom. The molecule has 0 atom stereocenters. The first-order valence-electron chi connectivity index (χ1n) is 6.78. The van der Waals surface area contributed by atoms with Crippen molar-refractivity contribution in [2.24, 2.45) is 0 Å². The van der Waals surface area contributed by atoms with E-state index in [0.29, 0.717) is 23.0 Å². The maximum absolute atomic E-state index is 11.6. The average Bonchev–Trinajstić information content (AvgIpc) is 2.49. The van der Waals surface area contributed by atoms with Gasteiger partial charge in [-0.1, -0.05) is 36.4 Å². The van der Waals surface area contributed by atoms with Gasteiger partial charge >= 0.3 is 5.97 Å². The fourth-order valence-electron chi connectivity index (χ4n) is 2.09. The molecule has 1 aromatic carbocycles. The van der Waals surface area contributed by atoms with E-state index in [1.54, 1.807) is 41.5 Å². The van der Waals surface area contributed by atoms with E-state index in [4.69, 9.17) is 11.6 Å². The molecule has 5 heteroatoms. The van der Waals surface area contributed by atoms with Gasteiger partial charge in [-0.15, -0.1) is 0 Å². The molecule has 0 radical (unpaired) electrons. The lowest BCUT2D eigenvalue weighted by molar-refractivity contribution is -0.134. The number of hydrogen-bond acceptors (Lipinski definition) is 3. The molecule has 4 nitrogen and oxygen atoms in total. The van der Waals surface area contributed by atoms with Crippen LogP contribution >= 0.6 is 11.6 Å². The summed E-state index contributed by atoms with van der Waals surface area (Å²) in [6, 6.07) is 7.39. The summed E-state index contributed by atoms with van der Waals surface area (Å²) in [5, 5.41) is 13.3. The number of aliphatic carboxylic acids is 1. The largest absolute Gasteiger partial charge is 0.476 e. The molecule has 0 saturated heterocycles. The van der Waals surface area contributed by atoms with Crippen molar-refractivity contribution in [3.05, 3.63) is 82.9 Å². The number of nitrogens with zero attached hydrogens (tertiary/aromatic N) is 1. The molecule has 0 bridgehead atoms. The summed E-state index contributed by atoms with van der Waals surface area (Å²) in [6.07, 6.45) is 6.95. The summed E-state index contributed by atoms with van der Waals surface area (Å²) in [5.41, 5.74) is 2.30. The van der Waals surface area contributed by atoms with E-state index in [2.05, 4.69) is 11.9 Å². The molecule has 0 fully saturated rings. The predicted molar refractivity (Wildman–Crippen MR) is 87.9 cm³/mol. The van der Waals surface area contributed by atoms with Crippen LogP contribution in [0.2, 0.25) is 5.02 Å². The molecular formula is C17H17ClN2O2. The first kappa shape index (κ1) is 15.9. The fraction of sp³-hybridized carbons (Fsp3) is 0.118. The van der Waals surface area contributed by atoms with Gasteiger partial charge < -0.3 is 15.3 Å². The Morgan fingerprint density at radius 3 is 2.64 bits per heavy atom. The van der Waals surface area contributed by atoms with Crippen molar-refractivity contribution in [3.63, 3.8) is 0 Å². The minimum Gasteiger partial charge on any atom is -0.476 e. The van der Waals surface area contributed by atoms with Gasteiger partial charge in [0.15, 0.2) is 5.70 Å². The lowest BCUT2D eigenvalue weighted by atomic mass is 10.1. The van der Waals surface area contributed by atoms with Gasteiger partial charge in [0.2, 0.25) is 0 Å². The SMILES string of the molecule is C=C1C=CC(NCc2ccc(Cl)cc2)=C(C(=O)O)N1/C=C\C. The molecule has 2 N–H and O–H groups in total. The molecule has 2 rings (SSSR count). The van der Waals surface area contributed by atoms with E-state index < -0.39 is 5.97 Å². The van der Waals surface area contributed by atoms with Gasteiger partial charge in [0.1, 0.15) is 0 Å². The molecule has 0 aliphatic carbocycles. The van der Waals surface area contributed by atoms with E-state index >= 15 is 0 Å². The molecule has 1 aliphatic rings. The van der Waals surface area contributed by atoms with Crippen LogP contribution < -0.4 is 5.32 Å². The molecule has 1 heterocycles. The topological polar surface area (TPSA) is 52.6 Å². The van der Waals surface area contributed by atoms with Crippen LogP contribution in [0.25, 0.3) is 0 Å². The number of allylic oxidation sites excluding steroid dienone is 3. The summed E-state index contributed by atoms with van der Waals surface area (Å²) in [6.45, 7) is 6.19. The number of benzene rings is 1. The van der Waals surface area contributed by atoms with Gasteiger partial charge in [0, 0.05) is 23.5 Å². The van der Waals surface area contributed by atoms with Crippen LogP contribution in [0.15, 0.2) is 72.4 Å². The highest BCUT2D eigenvalue weighted by Crippen LogP contribution is 2.23. The Hall–Kier alpha value is -2.46. The number of hydrogen-bond donors (Lipinski definition) is 2. The molecule has 0 saturated carbocycles. The van der Waals surface area contributed by atoms with Crippen molar-refractivity contribution in [3.8, 4) is 0 Å². The van der Waals surface area contributed by atoms with Crippen LogP contribution in [0.5, 0.6) is 0 Å². The van der Waals surface area contributed by atoms with Gasteiger partial charge in [-0.2, -0.15) is 0 Å². The second-order valence-corrected chi connectivity index (χ2v) is 5.16. The zero-order valence-electron chi connectivity index (χ0n) is 12.2. The molecule has 0 unspecified atom stereocenters. The second kappa shape index (κ2) is 7.00. The molecule has 0 amide bonds. The molecule has 0 aromatic heterocycles. The van der Waals surface area contributed by atoms with Crippen molar-refractivity contribution < 1.29 is 9.90 Å². The van der Waals surface area contributed by atoms with Crippen molar-refractivity contribution in [1.82, 2.24) is 10.2 Å². The third kappa shape index (κ3) is 3.59. The number of carbonyl (C=O) groups is 1. The molecule has 1 aromatic rings. The van der Waals surface area contributed by atoms with E-state index in [-0.39, 0.29) is 5.70 Å². The molecule has 0 spiro atoms. The normalized spacial score (nSPS) is 14.8. The Morgan fingerprint density at radius 1 is 1.36 bits per heavy atom. The van der Waals surface area contributed by atoms with Crippen LogP contribution in [0.1, 0.15) is 12.5 Å². The first-order chi connectivity index (χ1) is 10.5. The smallest absolute Gasteiger partial charge is 0.355 e. The van der Waals surface area contributed by atoms with Crippen LogP contribution in [-0.4, -0.2) is 16.0 Å². The van der Waals surface area contributed by atoms with Gasteiger partial charge in [-0.25, -0.2) is 4.79 Å². The predicted octanol–water partition coefficient (Wildman–Crippen LogP) is 3.64. The fourth-order valence-corrected chi connectivity index (χ4v) is 2.22. The lowest BCUT2D eigenvalue weighted by Gasteiger charge is -2.27. The van der Waals surface area contributed by atoms with Gasteiger partial charge in [-0.3, -0.25) is 0 Å². The standard InChI is InChI=1S/C17H17ClN2O2/c1-3-10-20-12(2)4-9-15(16(20)17(21)22)19-11-13-5-7-14(18)8-6-13/h3-10,19H,2,11H2,1H3,(H,21,22)/b10-3-. The summed E-state index contributed by atoms with van der Waals surface area (Å²) in [5.74, 6) is -1.01. The van der Waals surface area contributed by atoms with Crippen molar-refractivity contribution >= 4 is 17.6 Å². The van der Waals surface area contributed by atoms with E-state index in [9.17, 15) is 9.90 Å². The Labute approximate surface area is 134 Å². The molecule has 22 heavy (non-hydrogen) atoms. The highest BCUT2D eigenvalue weighted by Gasteiger charge is 2.23. The molecule has 114 valence electrons. The third-order valence-corrected chi connectivity index (χ3v) is 3.40. The summed E-state index contributed by atoms with van der Waals surface area (Å²) < 4.78 is 0. The third-order valence-electron chi connectivity index (χ3n) is 3.14. The number of nitrogens with one attached hydrogen (secondary N) is 1. The number of carboxylic acids is 1. The van der Waals surface area contributed by atoms with Gasteiger partial charge in [-0.05, 0) is 36.8 Å². The minimum atomic E-state index is -1.01. The average molecular weight is 317 g/mol. The van der Waals surface area contributed by atoms with Crippen molar-refractivity contribution in [2.45, 2.75) is 13.5 Å². The van der Waals surface area contributed by atoms with Gasteiger partial charge in [0.05, 0.1) is 5.70 Å². The zero-order chi connectivity index (χ0) is 16.1. The Balaban J connectivity index is 2.25. The maximum atomic E-state index is 11.6. The zero-order valence-corrected chi connectivity index (χ0v) is 13.0. The van der Waals surface area contributed by atoms with E-state index in [1.807, 2.05) is 19.1 Å². The van der Waals surface area contributed by atoms with Crippen LogP contribution in [0.4, 0.5) is 0 Å². The van der Waals surface area contributed by atoms with E-state index in [0.717, 1.165) is 5.56 Å². The second-order valence-electron chi connectivity index (χ2n) is 4.72. The number of rotatable bonds is 5. The highest BCUT2D eigenvalue weighted by atomic mass is 35.5. The maximum Gasteiger partial charge on any atom is 0.355 e. The van der Waals surface area contributed by atoms with Gasteiger partial charge in [0.25, 0.3) is 0 Å². The van der Waals surface area contributed by atoms with Crippen LogP contribution in [-0.2, 0) is 11.3 Å². The Bertz CT molecular complexity index is 672. The van der Waals surface area contributed by atoms with Crippen molar-refractivity contribution in [2.75, 3.05) is 0 Å². The lowest BCUT2D eigenvalue weighted by Crippen LogP contribution is -2.29. The monoisotopic (exact) mass is 316 g/mol. The highest BCUT2D eigenvalue weighted by molar-refractivity contribution is 6.30. The quantitative estimate of drug-likeness (QED) is 0.870. The van der Waals surface area contributed by atoms with Crippen LogP contribution in [0, 0.1) is 0 Å². The summed E-state index contributed by atoms with van der Waals surface area (Å²) in [4.78, 5) is 13.1. The van der Waals surface area contributed by atoms with Crippen LogP contribution in [0.3, 0.4) is 0 Å². The number of carboxylic acid groups (broad SMARTS) is 1. The van der Waals surface area contributed by atoms with Crippen molar-refractivity contribution in [1.29, 1.82) is 0 Å². The first-order valence-corrected chi connectivity index (χ1v) is 7.15. The van der Waals surface area contributed by atoms with E-state index in [1.165, 1.54) is 0 Å². The Kier molecular flexibility index (Phi) is 5.07. The molecular weight excluding hydrogens is 300 g/mol. The summed E-state index contributed by atoms with van der Waals surface area (Å²) in [7, 11) is 0. The summed E-state index contributed by atoms with van der Waals surface area (Å²) >= 11 is 5.85.